The number of fused-ring (bicyclic) bond motifs is 4. The molecule has 0 radical (unpaired) electrons. The molecule has 1 amide bonds. The molecule has 1 saturated carbocycles. The third-order valence-electron chi connectivity index (χ3n) is 8.29. The Labute approximate surface area is 189 Å². The zero-order valence-electron chi connectivity index (χ0n) is 18.9. The lowest BCUT2D eigenvalue weighted by Gasteiger charge is -2.41. The van der Waals surface area contributed by atoms with Crippen molar-refractivity contribution in [1.29, 1.82) is 0 Å². The number of rotatable bonds is 3. The van der Waals surface area contributed by atoms with Gasteiger partial charge in [-0.2, -0.15) is 0 Å². The lowest BCUT2D eigenvalue weighted by atomic mass is 9.79. The summed E-state index contributed by atoms with van der Waals surface area (Å²) in [5, 5.41) is 3.84. The van der Waals surface area contributed by atoms with Crippen molar-refractivity contribution in [2.45, 2.75) is 62.5 Å². The number of anilines is 1. The molecule has 170 valence electrons. The van der Waals surface area contributed by atoms with Crippen LogP contribution >= 0.6 is 0 Å². The van der Waals surface area contributed by atoms with Crippen LogP contribution in [-0.4, -0.2) is 47.8 Å². The number of likely N-dealkylation sites (tertiary alicyclic amines) is 1. The van der Waals surface area contributed by atoms with Crippen molar-refractivity contribution in [3.63, 3.8) is 0 Å². The molecule has 0 bridgehead atoms. The highest BCUT2D eigenvalue weighted by atomic mass is 16.5. The van der Waals surface area contributed by atoms with Gasteiger partial charge in [0.1, 0.15) is 11.3 Å². The van der Waals surface area contributed by atoms with Crippen molar-refractivity contribution in [2.75, 3.05) is 32.1 Å². The molecule has 32 heavy (non-hydrogen) atoms. The second kappa shape index (κ2) is 7.55. The number of hydrogen-bond donors (Lipinski definition) is 1. The van der Waals surface area contributed by atoms with Crippen LogP contribution in [0.2, 0.25) is 0 Å². The maximum absolute atomic E-state index is 12.8. The van der Waals surface area contributed by atoms with Gasteiger partial charge in [0.05, 0.1) is 36.4 Å². The fraction of sp³-hybridized carbons (Fsp3) is 0.577. The summed E-state index contributed by atoms with van der Waals surface area (Å²) in [5.74, 6) is 1.82. The van der Waals surface area contributed by atoms with Crippen LogP contribution in [0.25, 0.3) is 5.69 Å². The summed E-state index contributed by atoms with van der Waals surface area (Å²) in [6.07, 6.45) is 10.7. The minimum Gasteiger partial charge on any atom is -0.497 e. The lowest BCUT2D eigenvalue weighted by molar-refractivity contribution is -0.137. The summed E-state index contributed by atoms with van der Waals surface area (Å²) in [4.78, 5) is 14.9. The third-order valence-corrected chi connectivity index (χ3v) is 8.29. The SMILES string of the molecule is COc1ccc2c(c1)NC1(COC3(CCN(C(=O)CC4CCCC4)CC3)C1)c1cccn1-2. The number of methoxy groups -OCH3 is 1. The average molecular weight is 436 g/mol. The molecule has 6 heteroatoms. The number of nitrogens with one attached hydrogen (secondary N) is 1. The topological polar surface area (TPSA) is 55.7 Å². The first kappa shape index (κ1) is 20.2. The number of nitrogens with zero attached hydrogens (tertiary/aromatic N) is 2. The maximum atomic E-state index is 12.8. The van der Waals surface area contributed by atoms with E-state index in [0.717, 1.165) is 55.9 Å². The number of piperidine rings is 1. The Morgan fingerprint density at radius 2 is 2.03 bits per heavy atom. The van der Waals surface area contributed by atoms with E-state index in [1.54, 1.807) is 7.11 Å². The molecule has 4 heterocycles. The van der Waals surface area contributed by atoms with Gasteiger partial charge in [-0.1, -0.05) is 12.8 Å². The minimum absolute atomic E-state index is 0.164. The summed E-state index contributed by atoms with van der Waals surface area (Å²) < 4.78 is 14.3. The molecular formula is C26H33N3O3. The molecule has 4 aliphatic rings. The highest BCUT2D eigenvalue weighted by Crippen LogP contribution is 2.50. The molecule has 1 atom stereocenters. The predicted molar refractivity (Wildman–Crippen MR) is 123 cm³/mol. The fourth-order valence-corrected chi connectivity index (χ4v) is 6.50. The molecule has 6 nitrogen and oxygen atoms in total. The summed E-state index contributed by atoms with van der Waals surface area (Å²) in [6, 6.07) is 10.5. The van der Waals surface area contributed by atoms with E-state index in [1.165, 1.54) is 31.4 Å². The van der Waals surface area contributed by atoms with Crippen LogP contribution in [0.1, 0.15) is 57.1 Å². The molecule has 1 aromatic heterocycles. The predicted octanol–water partition coefficient (Wildman–Crippen LogP) is 4.47. The Morgan fingerprint density at radius 3 is 2.81 bits per heavy atom. The Kier molecular flexibility index (Phi) is 4.75. The van der Waals surface area contributed by atoms with Gasteiger partial charge in [0.25, 0.3) is 0 Å². The monoisotopic (exact) mass is 435 g/mol. The van der Waals surface area contributed by atoms with Crippen LogP contribution < -0.4 is 10.1 Å². The molecule has 2 aromatic rings. The van der Waals surface area contributed by atoms with Crippen molar-refractivity contribution in [3.05, 3.63) is 42.2 Å². The van der Waals surface area contributed by atoms with Gasteiger partial charge in [0.15, 0.2) is 0 Å². The van der Waals surface area contributed by atoms with Crippen LogP contribution in [0.3, 0.4) is 0 Å². The maximum Gasteiger partial charge on any atom is 0.222 e. The van der Waals surface area contributed by atoms with E-state index in [2.05, 4.69) is 45.2 Å². The molecule has 1 aromatic carbocycles. The van der Waals surface area contributed by atoms with Gasteiger partial charge < -0.3 is 24.3 Å². The normalized spacial score (nSPS) is 26.2. The van der Waals surface area contributed by atoms with Gasteiger partial charge in [-0.25, -0.2) is 0 Å². The molecule has 1 unspecified atom stereocenters. The van der Waals surface area contributed by atoms with E-state index in [9.17, 15) is 4.79 Å². The summed E-state index contributed by atoms with van der Waals surface area (Å²) in [6.45, 7) is 2.27. The average Bonchev–Trinajstić information content (AvgIpc) is 3.56. The van der Waals surface area contributed by atoms with Crippen LogP contribution in [0, 0.1) is 5.92 Å². The number of ether oxygens (including phenoxy) is 2. The van der Waals surface area contributed by atoms with Crippen LogP contribution in [0.5, 0.6) is 5.75 Å². The first-order chi connectivity index (χ1) is 15.6. The number of amides is 1. The molecule has 3 fully saturated rings. The van der Waals surface area contributed by atoms with Gasteiger partial charge in [0, 0.05) is 38.2 Å². The van der Waals surface area contributed by atoms with Crippen molar-refractivity contribution < 1.29 is 14.3 Å². The minimum atomic E-state index is -0.251. The Bertz CT molecular complexity index is 1020. The van der Waals surface area contributed by atoms with Crippen molar-refractivity contribution in [2.24, 2.45) is 5.92 Å². The zero-order chi connectivity index (χ0) is 21.8. The zero-order valence-corrected chi connectivity index (χ0v) is 18.9. The first-order valence-corrected chi connectivity index (χ1v) is 12.2. The lowest BCUT2D eigenvalue weighted by Crippen LogP contribution is -2.48. The van der Waals surface area contributed by atoms with E-state index in [-0.39, 0.29) is 11.1 Å². The van der Waals surface area contributed by atoms with E-state index in [4.69, 9.17) is 9.47 Å². The molecule has 1 aliphatic carbocycles. The third kappa shape index (κ3) is 3.22. The van der Waals surface area contributed by atoms with Gasteiger partial charge >= 0.3 is 0 Å². The number of aromatic nitrogens is 1. The Morgan fingerprint density at radius 1 is 1.22 bits per heavy atom. The van der Waals surface area contributed by atoms with Gasteiger partial charge in [-0.3, -0.25) is 4.79 Å². The number of carbonyl (C=O) groups is 1. The molecule has 2 spiro atoms. The number of hydrogen-bond acceptors (Lipinski definition) is 4. The van der Waals surface area contributed by atoms with Crippen molar-refractivity contribution >= 4 is 11.6 Å². The molecular weight excluding hydrogens is 402 g/mol. The quantitative estimate of drug-likeness (QED) is 0.773. The number of carbonyl (C=O) groups excluding carboxylic acids is 1. The van der Waals surface area contributed by atoms with Crippen LogP contribution in [0.4, 0.5) is 5.69 Å². The summed E-state index contributed by atoms with van der Waals surface area (Å²) >= 11 is 0. The second-order valence-corrected chi connectivity index (χ2v) is 10.2. The highest BCUT2D eigenvalue weighted by molar-refractivity contribution is 5.76. The van der Waals surface area contributed by atoms with Gasteiger partial charge in [0.2, 0.25) is 5.91 Å². The highest BCUT2D eigenvalue weighted by Gasteiger charge is 2.54. The van der Waals surface area contributed by atoms with Crippen molar-refractivity contribution in [3.8, 4) is 11.4 Å². The standard InChI is InChI=1S/C26H33N3O3/c1-31-20-8-9-22-21(16-20)27-26(23-7-4-12-29(22)23)17-25(32-18-26)10-13-28(14-11-25)24(30)15-19-5-2-3-6-19/h4,7-9,12,16,19,27H,2-3,5-6,10-11,13-15,17-18H2,1H3. The molecule has 1 N–H and O–H groups in total. The van der Waals surface area contributed by atoms with E-state index in [1.807, 2.05) is 6.07 Å². The van der Waals surface area contributed by atoms with Gasteiger partial charge in [-0.15, -0.1) is 0 Å². The van der Waals surface area contributed by atoms with Crippen LogP contribution in [-0.2, 0) is 15.1 Å². The smallest absolute Gasteiger partial charge is 0.222 e. The summed E-state index contributed by atoms with van der Waals surface area (Å²) in [7, 11) is 1.71. The van der Waals surface area contributed by atoms with Crippen molar-refractivity contribution in [1.82, 2.24) is 9.47 Å². The van der Waals surface area contributed by atoms with Crippen LogP contribution in [0.15, 0.2) is 36.5 Å². The number of benzene rings is 1. The molecule has 6 rings (SSSR count). The first-order valence-electron chi connectivity index (χ1n) is 12.2. The molecule has 3 aliphatic heterocycles. The van der Waals surface area contributed by atoms with E-state index >= 15 is 0 Å². The fourth-order valence-electron chi connectivity index (χ4n) is 6.50. The van der Waals surface area contributed by atoms with E-state index in [0.29, 0.717) is 18.4 Å². The van der Waals surface area contributed by atoms with Gasteiger partial charge in [-0.05, 0) is 55.9 Å². The van der Waals surface area contributed by atoms with E-state index < -0.39 is 0 Å². The Balaban J connectivity index is 1.19. The summed E-state index contributed by atoms with van der Waals surface area (Å²) in [5.41, 5.74) is 3.07. The largest absolute Gasteiger partial charge is 0.497 e. The molecule has 2 saturated heterocycles. The second-order valence-electron chi connectivity index (χ2n) is 10.2. The Hall–Kier alpha value is -2.47.